The third-order valence-corrected chi connectivity index (χ3v) is 4.92. The number of hydrogen-bond acceptors (Lipinski definition) is 5. The van der Waals surface area contributed by atoms with Crippen LogP contribution in [-0.2, 0) is 11.2 Å². The van der Waals surface area contributed by atoms with E-state index < -0.39 is 10.9 Å². The van der Waals surface area contributed by atoms with Gasteiger partial charge in [0.05, 0.1) is 27.3 Å². The van der Waals surface area contributed by atoms with Crippen molar-refractivity contribution >= 4 is 38.2 Å². The highest BCUT2D eigenvalue weighted by Gasteiger charge is 2.12. The van der Waals surface area contributed by atoms with Gasteiger partial charge >= 0.3 is 5.97 Å². The van der Waals surface area contributed by atoms with E-state index >= 15 is 0 Å². The Morgan fingerprint density at radius 2 is 2.00 bits per heavy atom. The molecule has 0 unspecified atom stereocenters. The summed E-state index contributed by atoms with van der Waals surface area (Å²) >= 11 is 1.51. The smallest absolute Gasteiger partial charge is 0.307 e. The molecule has 25 heavy (non-hydrogen) atoms. The zero-order valence-corrected chi connectivity index (χ0v) is 13.6. The number of carboxylic acid groups (broad SMARTS) is 1. The lowest BCUT2D eigenvalue weighted by Gasteiger charge is -1.98. The number of non-ortho nitro benzene ring substituents is 1. The van der Waals surface area contributed by atoms with Crippen LogP contribution in [0.25, 0.3) is 26.4 Å². The van der Waals surface area contributed by atoms with E-state index in [1.165, 1.54) is 23.5 Å². The van der Waals surface area contributed by atoms with Gasteiger partial charge in [-0.2, -0.15) is 0 Å². The molecule has 0 radical (unpaired) electrons. The number of nitro benzene ring substituents is 1. The molecule has 4 aromatic rings. The summed E-state index contributed by atoms with van der Waals surface area (Å²) in [5.74, 6) is -0.872. The summed E-state index contributed by atoms with van der Waals surface area (Å²) in [4.78, 5) is 26.6. The minimum atomic E-state index is -0.872. The molecule has 0 atom stereocenters. The number of rotatable bonds is 4. The fourth-order valence-electron chi connectivity index (χ4n) is 2.72. The van der Waals surface area contributed by atoms with E-state index in [9.17, 15) is 14.9 Å². The standard InChI is InChI=1S/C17H11N3O4S/c21-16(22)8-10-1-6-15-14(7-10)19-9-13(18-17(19)25-15)11-2-4-12(5-3-11)20(23)24/h1-7,9H,8H2,(H,21,22). The van der Waals surface area contributed by atoms with Crippen LogP contribution in [0.2, 0.25) is 0 Å². The molecule has 4 rings (SSSR count). The number of nitrogens with zero attached hydrogens (tertiary/aromatic N) is 3. The summed E-state index contributed by atoms with van der Waals surface area (Å²) in [6.45, 7) is 0. The van der Waals surface area contributed by atoms with E-state index in [2.05, 4.69) is 4.98 Å². The SMILES string of the molecule is O=C(O)Cc1ccc2sc3nc(-c4ccc([N+](=O)[O-])cc4)cn3c2c1. The average molecular weight is 353 g/mol. The predicted octanol–water partition coefficient (Wildman–Crippen LogP) is 3.75. The fourth-order valence-corrected chi connectivity index (χ4v) is 3.71. The first-order chi connectivity index (χ1) is 12.0. The molecule has 124 valence electrons. The molecule has 0 saturated heterocycles. The number of aliphatic carboxylic acids is 1. The van der Waals surface area contributed by atoms with Crippen molar-refractivity contribution in [2.75, 3.05) is 0 Å². The number of hydrogen-bond donors (Lipinski definition) is 1. The second-order valence-corrected chi connectivity index (χ2v) is 6.57. The van der Waals surface area contributed by atoms with Gasteiger partial charge < -0.3 is 5.11 Å². The van der Waals surface area contributed by atoms with Crippen LogP contribution in [0.4, 0.5) is 5.69 Å². The van der Waals surface area contributed by atoms with Gasteiger partial charge in [-0.3, -0.25) is 19.3 Å². The monoisotopic (exact) mass is 353 g/mol. The van der Waals surface area contributed by atoms with Gasteiger partial charge in [0, 0.05) is 23.9 Å². The first kappa shape index (κ1) is 15.3. The van der Waals surface area contributed by atoms with Gasteiger partial charge in [-0.05, 0) is 29.8 Å². The number of nitro groups is 1. The van der Waals surface area contributed by atoms with E-state index in [0.29, 0.717) is 5.69 Å². The molecule has 0 fully saturated rings. The van der Waals surface area contributed by atoms with Gasteiger partial charge in [0.1, 0.15) is 0 Å². The third kappa shape index (κ3) is 2.72. The molecular weight excluding hydrogens is 342 g/mol. The molecule has 0 aliphatic heterocycles. The number of fused-ring (bicyclic) bond motifs is 3. The largest absolute Gasteiger partial charge is 0.481 e. The van der Waals surface area contributed by atoms with Crippen molar-refractivity contribution in [3.05, 3.63) is 64.3 Å². The van der Waals surface area contributed by atoms with Crippen molar-refractivity contribution in [3.8, 4) is 11.3 Å². The maximum absolute atomic E-state index is 10.9. The van der Waals surface area contributed by atoms with Crippen molar-refractivity contribution in [1.82, 2.24) is 9.38 Å². The van der Waals surface area contributed by atoms with E-state index in [1.54, 1.807) is 12.1 Å². The maximum Gasteiger partial charge on any atom is 0.307 e. The molecule has 0 saturated carbocycles. The number of carbonyl (C=O) groups is 1. The summed E-state index contributed by atoms with van der Waals surface area (Å²) in [5, 5.41) is 19.7. The van der Waals surface area contributed by atoms with Crippen LogP contribution in [0.15, 0.2) is 48.7 Å². The Kier molecular flexibility index (Phi) is 3.47. The second kappa shape index (κ2) is 5.67. The molecule has 2 aromatic carbocycles. The fraction of sp³-hybridized carbons (Fsp3) is 0.0588. The van der Waals surface area contributed by atoms with Crippen molar-refractivity contribution in [3.63, 3.8) is 0 Å². The van der Waals surface area contributed by atoms with Gasteiger partial charge in [-0.1, -0.05) is 17.4 Å². The molecular formula is C17H11N3O4S. The maximum atomic E-state index is 10.9. The zero-order chi connectivity index (χ0) is 17.6. The van der Waals surface area contributed by atoms with E-state index in [4.69, 9.17) is 5.11 Å². The van der Waals surface area contributed by atoms with Gasteiger partial charge in [-0.25, -0.2) is 4.98 Å². The van der Waals surface area contributed by atoms with Crippen LogP contribution in [0.1, 0.15) is 5.56 Å². The number of imidazole rings is 1. The molecule has 0 spiro atoms. The Morgan fingerprint density at radius 1 is 1.24 bits per heavy atom. The highest BCUT2D eigenvalue weighted by molar-refractivity contribution is 7.23. The first-order valence-corrected chi connectivity index (χ1v) is 8.20. The van der Waals surface area contributed by atoms with Gasteiger partial charge in [-0.15, -0.1) is 0 Å². The van der Waals surface area contributed by atoms with E-state index in [1.807, 2.05) is 28.8 Å². The minimum absolute atomic E-state index is 0.0306. The Bertz CT molecular complexity index is 1130. The molecule has 8 heteroatoms. The van der Waals surface area contributed by atoms with Crippen molar-refractivity contribution in [2.24, 2.45) is 0 Å². The molecule has 1 N–H and O–H groups in total. The highest BCUT2D eigenvalue weighted by atomic mass is 32.1. The predicted molar refractivity (Wildman–Crippen MR) is 94.0 cm³/mol. The Balaban J connectivity index is 1.79. The lowest BCUT2D eigenvalue weighted by Crippen LogP contribution is -1.99. The number of aromatic nitrogens is 2. The Labute approximate surface area is 144 Å². The summed E-state index contributed by atoms with van der Waals surface area (Å²) in [7, 11) is 0. The quantitative estimate of drug-likeness (QED) is 0.445. The highest BCUT2D eigenvalue weighted by Crippen LogP contribution is 2.30. The molecule has 0 aliphatic carbocycles. The second-order valence-electron chi connectivity index (χ2n) is 5.56. The Hall–Kier alpha value is -3.26. The van der Waals surface area contributed by atoms with Gasteiger partial charge in [0.2, 0.25) is 0 Å². The van der Waals surface area contributed by atoms with E-state index in [0.717, 1.165) is 26.3 Å². The molecule has 0 amide bonds. The molecule has 0 aliphatic rings. The van der Waals surface area contributed by atoms with Crippen molar-refractivity contribution < 1.29 is 14.8 Å². The first-order valence-electron chi connectivity index (χ1n) is 7.38. The van der Waals surface area contributed by atoms with Crippen LogP contribution in [0.5, 0.6) is 0 Å². The third-order valence-electron chi connectivity index (χ3n) is 3.89. The number of thiazole rings is 1. The average Bonchev–Trinajstić information content (AvgIpc) is 3.12. The normalized spacial score (nSPS) is 11.2. The van der Waals surface area contributed by atoms with Gasteiger partial charge in [0.15, 0.2) is 4.96 Å². The van der Waals surface area contributed by atoms with Crippen LogP contribution >= 0.6 is 11.3 Å². The summed E-state index contributed by atoms with van der Waals surface area (Å²) in [6, 6.07) is 11.8. The van der Waals surface area contributed by atoms with Gasteiger partial charge in [0.25, 0.3) is 5.69 Å². The number of benzene rings is 2. The van der Waals surface area contributed by atoms with Crippen LogP contribution < -0.4 is 0 Å². The molecule has 0 bridgehead atoms. The summed E-state index contributed by atoms with van der Waals surface area (Å²) in [6.07, 6.45) is 1.83. The lowest BCUT2D eigenvalue weighted by atomic mass is 10.1. The number of carboxylic acids is 1. The molecule has 2 heterocycles. The summed E-state index contributed by atoms with van der Waals surface area (Å²) < 4.78 is 2.94. The van der Waals surface area contributed by atoms with Crippen LogP contribution in [0.3, 0.4) is 0 Å². The van der Waals surface area contributed by atoms with E-state index in [-0.39, 0.29) is 12.1 Å². The Morgan fingerprint density at radius 3 is 2.68 bits per heavy atom. The molecule has 2 aromatic heterocycles. The lowest BCUT2D eigenvalue weighted by molar-refractivity contribution is -0.384. The summed E-state index contributed by atoms with van der Waals surface area (Å²) in [5.41, 5.74) is 3.17. The molecule has 7 nitrogen and oxygen atoms in total. The van der Waals surface area contributed by atoms with Crippen LogP contribution in [0, 0.1) is 10.1 Å². The van der Waals surface area contributed by atoms with Crippen LogP contribution in [-0.4, -0.2) is 25.4 Å². The topological polar surface area (TPSA) is 97.7 Å². The van der Waals surface area contributed by atoms with Crippen molar-refractivity contribution in [2.45, 2.75) is 6.42 Å². The zero-order valence-electron chi connectivity index (χ0n) is 12.7. The minimum Gasteiger partial charge on any atom is -0.481 e. The van der Waals surface area contributed by atoms with Crippen molar-refractivity contribution in [1.29, 1.82) is 0 Å².